The number of hydrogen-bond acceptors (Lipinski definition) is 3. The van der Waals surface area contributed by atoms with Crippen molar-refractivity contribution in [3.63, 3.8) is 0 Å². The molecule has 0 fully saturated rings. The van der Waals surface area contributed by atoms with E-state index >= 15 is 0 Å². The lowest BCUT2D eigenvalue weighted by Crippen LogP contribution is -2.17. The lowest BCUT2D eigenvalue weighted by atomic mass is 9.81. The minimum Gasteiger partial charge on any atom is -0.478 e. The first-order valence-corrected chi connectivity index (χ1v) is 12.8. The van der Waals surface area contributed by atoms with Crippen LogP contribution in [0.3, 0.4) is 0 Å². The number of aliphatic hydroxyl groups excluding tert-OH is 1. The number of carboxylic acid groups (broad SMARTS) is 1. The molecule has 4 aromatic carbocycles. The van der Waals surface area contributed by atoms with Crippen molar-refractivity contribution in [2.75, 3.05) is 5.32 Å². The Bertz CT molecular complexity index is 1410. The number of aromatic carboxylic acids is 1. The summed E-state index contributed by atoms with van der Waals surface area (Å²) in [4.78, 5) is 11.1. The second-order valence-corrected chi connectivity index (χ2v) is 10.7. The van der Waals surface area contributed by atoms with Crippen LogP contribution in [0.2, 0.25) is 0 Å². The summed E-state index contributed by atoms with van der Waals surface area (Å²) in [5.41, 5.74) is 8.39. The van der Waals surface area contributed by atoms with Crippen molar-refractivity contribution in [1.29, 1.82) is 0 Å². The van der Waals surface area contributed by atoms with Crippen LogP contribution in [0.15, 0.2) is 97.1 Å². The summed E-state index contributed by atoms with van der Waals surface area (Å²) in [5, 5.41) is 24.1. The maximum Gasteiger partial charge on any atom is 0.335 e. The molecule has 0 aliphatic carbocycles. The van der Waals surface area contributed by atoms with E-state index in [2.05, 4.69) is 81.5 Å². The molecular formula is C34H35NO3. The molecule has 4 rings (SSSR count). The van der Waals surface area contributed by atoms with Gasteiger partial charge in [-0.1, -0.05) is 111 Å². The Kier molecular flexibility index (Phi) is 8.13. The summed E-state index contributed by atoms with van der Waals surface area (Å²) in [6.07, 6.45) is 2.73. The molecule has 4 heteroatoms. The Morgan fingerprint density at radius 1 is 0.921 bits per heavy atom. The molecule has 0 aromatic heterocycles. The van der Waals surface area contributed by atoms with Gasteiger partial charge in [-0.05, 0) is 58.4 Å². The van der Waals surface area contributed by atoms with Gasteiger partial charge in [0, 0.05) is 17.8 Å². The van der Waals surface area contributed by atoms with Gasteiger partial charge < -0.3 is 15.5 Å². The summed E-state index contributed by atoms with van der Waals surface area (Å²) in [5.74, 6) is -0.958. The van der Waals surface area contributed by atoms with Crippen LogP contribution in [-0.4, -0.2) is 16.2 Å². The standard InChI is InChI=1S/C34H35NO3/c1-23-10-15-26(16-11-23)29-20-28(31(36)19-14-24-12-17-27(18-13-24)33(37)38)21-30(34(2,3)4)32(29)35-22-25-8-6-5-7-9-25/h5-21,31,35-36H,22H2,1-4H3,(H,37,38). The van der Waals surface area contributed by atoms with Gasteiger partial charge in [0.1, 0.15) is 0 Å². The average Bonchev–Trinajstić information content (AvgIpc) is 2.91. The Morgan fingerprint density at radius 2 is 1.58 bits per heavy atom. The summed E-state index contributed by atoms with van der Waals surface area (Å²) >= 11 is 0. The van der Waals surface area contributed by atoms with Gasteiger partial charge in [-0.2, -0.15) is 0 Å². The third-order valence-corrected chi connectivity index (χ3v) is 6.61. The van der Waals surface area contributed by atoms with Gasteiger partial charge in [0.05, 0.1) is 11.7 Å². The van der Waals surface area contributed by atoms with Gasteiger partial charge in [0.15, 0.2) is 0 Å². The fourth-order valence-corrected chi connectivity index (χ4v) is 4.41. The van der Waals surface area contributed by atoms with Crippen LogP contribution in [0.4, 0.5) is 5.69 Å². The maximum absolute atomic E-state index is 11.2. The minimum atomic E-state index is -0.958. The number of benzene rings is 4. The third kappa shape index (κ3) is 6.58. The van der Waals surface area contributed by atoms with Crippen molar-refractivity contribution in [1.82, 2.24) is 0 Å². The van der Waals surface area contributed by atoms with Crippen molar-refractivity contribution >= 4 is 17.7 Å². The Morgan fingerprint density at radius 3 is 2.18 bits per heavy atom. The number of aliphatic hydroxyl groups is 1. The number of anilines is 1. The average molecular weight is 506 g/mol. The van der Waals surface area contributed by atoms with Gasteiger partial charge >= 0.3 is 5.97 Å². The number of nitrogens with one attached hydrogen (secondary N) is 1. The van der Waals surface area contributed by atoms with Gasteiger partial charge in [-0.15, -0.1) is 0 Å². The highest BCUT2D eigenvalue weighted by Gasteiger charge is 2.23. The normalized spacial score (nSPS) is 12.4. The SMILES string of the molecule is Cc1ccc(-c2cc(C(O)C=Cc3ccc(C(=O)O)cc3)cc(C(C)(C)C)c2NCc2ccccc2)cc1. The van der Waals surface area contributed by atoms with E-state index in [1.165, 1.54) is 11.1 Å². The predicted molar refractivity (Wildman–Crippen MR) is 156 cm³/mol. The molecule has 0 aliphatic rings. The molecule has 0 amide bonds. The topological polar surface area (TPSA) is 69.6 Å². The number of hydrogen-bond donors (Lipinski definition) is 3. The highest BCUT2D eigenvalue weighted by Crippen LogP contribution is 2.40. The van der Waals surface area contributed by atoms with E-state index in [1.54, 1.807) is 30.3 Å². The number of carbonyl (C=O) groups is 1. The van der Waals surface area contributed by atoms with Gasteiger partial charge in [0.25, 0.3) is 0 Å². The van der Waals surface area contributed by atoms with Crippen molar-refractivity contribution in [2.24, 2.45) is 0 Å². The highest BCUT2D eigenvalue weighted by molar-refractivity contribution is 5.87. The van der Waals surface area contributed by atoms with Crippen LogP contribution >= 0.6 is 0 Å². The van der Waals surface area contributed by atoms with E-state index in [0.717, 1.165) is 33.5 Å². The second kappa shape index (κ2) is 11.5. The van der Waals surface area contributed by atoms with Gasteiger partial charge in [0.2, 0.25) is 0 Å². The van der Waals surface area contributed by atoms with E-state index in [4.69, 9.17) is 5.11 Å². The Labute approximate surface area is 225 Å². The zero-order valence-electron chi connectivity index (χ0n) is 22.4. The number of carboxylic acids is 1. The highest BCUT2D eigenvalue weighted by atomic mass is 16.4. The zero-order chi connectivity index (χ0) is 27.3. The number of aryl methyl sites for hydroxylation is 1. The monoisotopic (exact) mass is 505 g/mol. The molecule has 194 valence electrons. The molecule has 4 nitrogen and oxygen atoms in total. The molecule has 0 saturated carbocycles. The first kappa shape index (κ1) is 26.9. The van der Waals surface area contributed by atoms with Crippen LogP contribution in [0, 0.1) is 6.92 Å². The largest absolute Gasteiger partial charge is 0.478 e. The van der Waals surface area contributed by atoms with Crippen molar-refractivity contribution in [2.45, 2.75) is 45.8 Å². The minimum absolute atomic E-state index is 0.176. The van der Waals surface area contributed by atoms with E-state index in [0.29, 0.717) is 6.54 Å². The van der Waals surface area contributed by atoms with Crippen molar-refractivity contribution in [3.8, 4) is 11.1 Å². The molecule has 0 heterocycles. The fraction of sp³-hybridized carbons (Fsp3) is 0.206. The van der Waals surface area contributed by atoms with Crippen LogP contribution in [0.5, 0.6) is 0 Å². The van der Waals surface area contributed by atoms with Crippen LogP contribution in [0.25, 0.3) is 17.2 Å². The summed E-state index contributed by atoms with van der Waals surface area (Å²) in [7, 11) is 0. The molecule has 0 spiro atoms. The fourth-order valence-electron chi connectivity index (χ4n) is 4.41. The lowest BCUT2D eigenvalue weighted by Gasteiger charge is -2.28. The van der Waals surface area contributed by atoms with Crippen LogP contribution < -0.4 is 5.32 Å². The van der Waals surface area contributed by atoms with E-state index < -0.39 is 12.1 Å². The molecular weight excluding hydrogens is 470 g/mol. The van der Waals surface area contributed by atoms with Crippen LogP contribution in [-0.2, 0) is 12.0 Å². The Hall–Kier alpha value is -4.15. The summed E-state index contributed by atoms with van der Waals surface area (Å²) in [6, 6.07) is 29.6. The summed E-state index contributed by atoms with van der Waals surface area (Å²) < 4.78 is 0. The summed E-state index contributed by atoms with van der Waals surface area (Å²) in [6.45, 7) is 9.32. The molecule has 3 N–H and O–H groups in total. The smallest absolute Gasteiger partial charge is 0.335 e. The van der Waals surface area contributed by atoms with Gasteiger partial charge in [-0.3, -0.25) is 0 Å². The molecule has 0 aliphatic heterocycles. The van der Waals surface area contributed by atoms with Crippen LogP contribution in [0.1, 0.15) is 65.1 Å². The quantitative estimate of drug-likeness (QED) is 0.227. The predicted octanol–water partition coefficient (Wildman–Crippen LogP) is 8.02. The molecule has 1 atom stereocenters. The van der Waals surface area contributed by atoms with E-state index in [9.17, 15) is 9.90 Å². The molecule has 0 radical (unpaired) electrons. The molecule has 1 unspecified atom stereocenters. The molecule has 0 bridgehead atoms. The molecule has 0 saturated heterocycles. The maximum atomic E-state index is 11.2. The molecule has 38 heavy (non-hydrogen) atoms. The van der Waals surface area contributed by atoms with Crippen molar-refractivity contribution < 1.29 is 15.0 Å². The van der Waals surface area contributed by atoms with E-state index in [-0.39, 0.29) is 11.0 Å². The zero-order valence-corrected chi connectivity index (χ0v) is 22.4. The first-order valence-electron chi connectivity index (χ1n) is 12.8. The molecule has 4 aromatic rings. The number of rotatable bonds is 8. The van der Waals surface area contributed by atoms with Gasteiger partial charge in [-0.25, -0.2) is 4.79 Å². The first-order chi connectivity index (χ1) is 18.1. The Balaban J connectivity index is 1.76. The van der Waals surface area contributed by atoms with E-state index in [1.807, 2.05) is 24.3 Å². The second-order valence-electron chi connectivity index (χ2n) is 10.7. The third-order valence-electron chi connectivity index (χ3n) is 6.61. The lowest BCUT2D eigenvalue weighted by molar-refractivity contribution is 0.0697. The van der Waals surface area contributed by atoms with Crippen molar-refractivity contribution in [3.05, 3.63) is 130 Å².